The molecule has 0 aliphatic carbocycles. The number of halogens is 4. The first kappa shape index (κ1) is 22.1. The molecule has 3 rings (SSSR count). The van der Waals surface area contributed by atoms with E-state index in [1.165, 1.54) is 12.3 Å². The number of aromatic nitrogens is 3. The molecule has 0 N–H and O–H groups in total. The first-order chi connectivity index (χ1) is 14.6. The summed E-state index contributed by atoms with van der Waals surface area (Å²) in [4.78, 5) is 28.8. The second kappa shape index (κ2) is 8.62. The Morgan fingerprint density at radius 1 is 1.13 bits per heavy atom. The third-order valence-corrected chi connectivity index (χ3v) is 4.18. The van der Waals surface area contributed by atoms with Crippen LogP contribution in [-0.4, -0.2) is 20.7 Å². The minimum Gasteiger partial charge on any atom is -0.475 e. The predicted octanol–water partition coefficient (Wildman–Crippen LogP) is 3.67. The number of rotatable bonds is 6. The van der Waals surface area contributed by atoms with Crippen LogP contribution in [-0.2, 0) is 13.2 Å². The molecular formula is C20H17F4N3O4. The third-order valence-electron chi connectivity index (χ3n) is 4.18. The van der Waals surface area contributed by atoms with Crippen LogP contribution in [0.15, 0.2) is 52.2 Å². The van der Waals surface area contributed by atoms with Crippen LogP contribution in [0.1, 0.15) is 19.0 Å². The van der Waals surface area contributed by atoms with E-state index in [4.69, 9.17) is 9.47 Å². The van der Waals surface area contributed by atoms with E-state index in [1.807, 2.05) is 6.92 Å². The Hall–Kier alpha value is -3.63. The summed E-state index contributed by atoms with van der Waals surface area (Å²) in [6.07, 6.45) is -2.72. The first-order valence-electron chi connectivity index (χ1n) is 9.09. The highest BCUT2D eigenvalue weighted by Crippen LogP contribution is 2.31. The smallest absolute Gasteiger partial charge is 0.431 e. The fourth-order valence-corrected chi connectivity index (χ4v) is 2.73. The van der Waals surface area contributed by atoms with Crippen molar-refractivity contribution in [2.24, 2.45) is 7.05 Å². The van der Waals surface area contributed by atoms with Gasteiger partial charge >= 0.3 is 11.9 Å². The van der Waals surface area contributed by atoms with Crippen LogP contribution in [0.25, 0.3) is 5.69 Å². The normalized spacial score (nSPS) is 11.4. The van der Waals surface area contributed by atoms with Gasteiger partial charge < -0.3 is 9.47 Å². The molecule has 11 heteroatoms. The summed E-state index contributed by atoms with van der Waals surface area (Å²) in [6.45, 7) is 2.27. The minimum atomic E-state index is -4.93. The lowest BCUT2D eigenvalue weighted by Crippen LogP contribution is -2.41. The van der Waals surface area contributed by atoms with Gasteiger partial charge in [-0.15, -0.1) is 0 Å². The molecular weight excluding hydrogens is 422 g/mol. The van der Waals surface area contributed by atoms with Crippen molar-refractivity contribution >= 4 is 0 Å². The monoisotopic (exact) mass is 439 g/mol. The van der Waals surface area contributed by atoms with Crippen molar-refractivity contribution in [2.45, 2.75) is 19.5 Å². The largest absolute Gasteiger partial charge is 0.475 e. The van der Waals surface area contributed by atoms with Crippen molar-refractivity contribution in [3.05, 3.63) is 74.9 Å². The number of hydrogen-bond acceptors (Lipinski definition) is 5. The highest BCUT2D eigenvalue weighted by atomic mass is 19.4. The van der Waals surface area contributed by atoms with Crippen LogP contribution in [0.3, 0.4) is 0 Å². The topological polar surface area (TPSA) is 75.3 Å². The molecule has 7 nitrogen and oxygen atoms in total. The van der Waals surface area contributed by atoms with Gasteiger partial charge in [0.25, 0.3) is 11.4 Å². The average molecular weight is 439 g/mol. The van der Waals surface area contributed by atoms with Crippen LogP contribution < -0.4 is 20.7 Å². The molecule has 0 aliphatic rings. The Bertz CT molecular complexity index is 1220. The summed E-state index contributed by atoms with van der Waals surface area (Å²) < 4.78 is 65.2. The quantitative estimate of drug-likeness (QED) is 0.548. The van der Waals surface area contributed by atoms with E-state index >= 15 is 0 Å². The number of nitrogens with zero attached hydrogens (tertiary/aromatic N) is 3. The summed E-state index contributed by atoms with van der Waals surface area (Å²) in [5.41, 5.74) is -4.69. The lowest BCUT2D eigenvalue weighted by molar-refractivity contribution is -0.144. The fourth-order valence-electron chi connectivity index (χ4n) is 2.73. The molecule has 0 atom stereocenters. The molecule has 1 aromatic carbocycles. The number of hydrogen-bond donors (Lipinski definition) is 0. The summed E-state index contributed by atoms with van der Waals surface area (Å²) in [5, 5.41) is 0. The molecule has 0 aliphatic heterocycles. The van der Waals surface area contributed by atoms with Crippen molar-refractivity contribution in [1.29, 1.82) is 0 Å². The van der Waals surface area contributed by atoms with Crippen molar-refractivity contribution in [3.63, 3.8) is 0 Å². The Labute approximate surface area is 173 Å². The molecule has 0 bridgehead atoms. The van der Waals surface area contributed by atoms with Crippen molar-refractivity contribution < 1.29 is 27.0 Å². The average Bonchev–Trinajstić information content (AvgIpc) is 2.71. The zero-order valence-corrected chi connectivity index (χ0v) is 16.4. The first-order valence-corrected chi connectivity index (χ1v) is 9.09. The predicted molar refractivity (Wildman–Crippen MR) is 102 cm³/mol. The van der Waals surface area contributed by atoms with Crippen LogP contribution in [0.5, 0.6) is 17.4 Å². The molecule has 0 unspecified atom stereocenters. The van der Waals surface area contributed by atoms with E-state index < -0.39 is 34.6 Å². The summed E-state index contributed by atoms with van der Waals surface area (Å²) in [6, 6.07) is 6.54. The van der Waals surface area contributed by atoms with E-state index in [0.29, 0.717) is 11.2 Å². The van der Waals surface area contributed by atoms with Gasteiger partial charge in [-0.1, -0.05) is 6.92 Å². The maximum Gasteiger partial charge on any atom is 0.431 e. The lowest BCUT2D eigenvalue weighted by atomic mass is 10.2. The zero-order valence-electron chi connectivity index (χ0n) is 16.4. The molecule has 0 saturated carbocycles. The highest BCUT2D eigenvalue weighted by Gasteiger charge is 2.35. The van der Waals surface area contributed by atoms with Gasteiger partial charge in [0.05, 0.1) is 12.3 Å². The van der Waals surface area contributed by atoms with Crippen molar-refractivity contribution in [1.82, 2.24) is 14.1 Å². The van der Waals surface area contributed by atoms with E-state index in [9.17, 15) is 27.2 Å². The third kappa shape index (κ3) is 4.60. The molecule has 0 radical (unpaired) electrons. The maximum absolute atomic E-state index is 14.4. The van der Waals surface area contributed by atoms with Gasteiger partial charge in [-0.25, -0.2) is 18.7 Å². The van der Waals surface area contributed by atoms with E-state index in [2.05, 4.69) is 4.98 Å². The lowest BCUT2D eigenvalue weighted by Gasteiger charge is -2.15. The van der Waals surface area contributed by atoms with E-state index in [-0.39, 0.29) is 28.0 Å². The summed E-state index contributed by atoms with van der Waals surface area (Å²) in [7, 11) is 0.840. The van der Waals surface area contributed by atoms with E-state index in [1.54, 1.807) is 12.1 Å². The molecule has 164 valence electrons. The molecule has 0 saturated heterocycles. The number of alkyl halides is 3. The molecule has 2 heterocycles. The highest BCUT2D eigenvalue weighted by molar-refractivity contribution is 5.44. The van der Waals surface area contributed by atoms with Crippen molar-refractivity contribution in [2.75, 3.05) is 6.61 Å². The number of ether oxygens (including phenoxy) is 2. The SMILES string of the molecule is CCCOc1ncccc1Oc1ccc(F)c(-n2c(=O)cc(C(F)(F)F)n(C)c2=O)c1. The van der Waals surface area contributed by atoms with Crippen molar-refractivity contribution in [3.8, 4) is 23.1 Å². The second-order valence-corrected chi connectivity index (χ2v) is 6.41. The van der Waals surface area contributed by atoms with Crippen LogP contribution in [0.4, 0.5) is 17.6 Å². The van der Waals surface area contributed by atoms with Crippen LogP contribution in [0.2, 0.25) is 0 Å². The summed E-state index contributed by atoms with van der Waals surface area (Å²) >= 11 is 0. The number of benzene rings is 1. The standard InChI is InChI=1S/C20H17F4N3O4/c1-3-9-30-18-15(5-4-8-25-18)31-12-6-7-13(21)14(10-12)27-17(28)11-16(20(22,23)24)26(2)19(27)29/h4-8,10-11H,3,9H2,1-2H3. The fraction of sp³-hybridized carbons (Fsp3) is 0.250. The number of pyridine rings is 1. The van der Waals surface area contributed by atoms with Gasteiger partial charge in [-0.3, -0.25) is 9.36 Å². The molecule has 2 aromatic heterocycles. The van der Waals surface area contributed by atoms with E-state index in [0.717, 1.165) is 25.6 Å². The van der Waals surface area contributed by atoms with Crippen LogP contribution in [0, 0.1) is 5.82 Å². The maximum atomic E-state index is 14.4. The van der Waals surface area contributed by atoms with Crippen LogP contribution >= 0.6 is 0 Å². The Morgan fingerprint density at radius 2 is 1.87 bits per heavy atom. The second-order valence-electron chi connectivity index (χ2n) is 6.41. The van der Waals surface area contributed by atoms with Gasteiger partial charge in [-0.05, 0) is 30.7 Å². The van der Waals surface area contributed by atoms with Gasteiger partial charge in [0.1, 0.15) is 17.3 Å². The van der Waals surface area contributed by atoms with Gasteiger partial charge in [0, 0.05) is 25.4 Å². The van der Waals surface area contributed by atoms with Gasteiger partial charge in [0.2, 0.25) is 0 Å². The Kier molecular flexibility index (Phi) is 6.14. The molecule has 0 amide bonds. The molecule has 0 fully saturated rings. The van der Waals surface area contributed by atoms with Gasteiger partial charge in [0.15, 0.2) is 5.75 Å². The summed E-state index contributed by atoms with van der Waals surface area (Å²) in [5.74, 6) is -0.612. The minimum absolute atomic E-state index is 0.0135. The van der Waals surface area contributed by atoms with Gasteiger partial charge in [-0.2, -0.15) is 13.2 Å². The molecule has 31 heavy (non-hydrogen) atoms. The molecule has 0 spiro atoms. The Morgan fingerprint density at radius 3 is 2.55 bits per heavy atom. The Balaban J connectivity index is 2.07. The molecule has 3 aromatic rings. The zero-order chi connectivity index (χ0) is 22.8.